The second-order valence-corrected chi connectivity index (χ2v) is 14.0. The van der Waals surface area contributed by atoms with Gasteiger partial charge >= 0.3 is 0 Å². The molecule has 0 spiro atoms. The number of fused-ring (bicyclic) bond motifs is 9. The fraction of sp³-hybridized carbons (Fsp3) is 0.0625. The van der Waals surface area contributed by atoms with E-state index in [-0.39, 0.29) is 5.41 Å². The first-order chi connectivity index (χ1) is 24.6. The number of aromatic nitrogens is 1. The Labute approximate surface area is 291 Å². The normalized spacial score (nSPS) is 13.2. The molecule has 236 valence electrons. The van der Waals surface area contributed by atoms with Crippen molar-refractivity contribution in [3.63, 3.8) is 0 Å². The van der Waals surface area contributed by atoms with Gasteiger partial charge in [-0.05, 0) is 108 Å². The highest BCUT2D eigenvalue weighted by molar-refractivity contribution is 6.17. The monoisotopic (exact) mass is 638 g/mol. The maximum atomic E-state index is 4.81. The van der Waals surface area contributed by atoms with Gasteiger partial charge in [-0.25, -0.2) is 0 Å². The van der Waals surface area contributed by atoms with E-state index in [0.717, 1.165) is 17.1 Å². The Kier molecular flexibility index (Phi) is 6.25. The van der Waals surface area contributed by atoms with Crippen LogP contribution in [0, 0.1) is 0 Å². The second kappa shape index (κ2) is 10.9. The number of benzene rings is 8. The lowest BCUT2D eigenvalue weighted by molar-refractivity contribution is 0.661. The molecule has 1 aromatic heterocycles. The molecule has 0 N–H and O–H groups in total. The summed E-state index contributed by atoms with van der Waals surface area (Å²) in [5, 5.41) is 9.93. The van der Waals surface area contributed by atoms with E-state index in [2.05, 4.69) is 176 Å². The molecule has 2 heteroatoms. The molecule has 0 unspecified atom stereocenters. The highest BCUT2D eigenvalue weighted by Crippen LogP contribution is 2.57. The van der Waals surface area contributed by atoms with Gasteiger partial charge in [0.15, 0.2) is 0 Å². The predicted molar refractivity (Wildman–Crippen MR) is 212 cm³/mol. The first-order valence-corrected chi connectivity index (χ1v) is 17.4. The molecular formula is C48H34N2. The average molecular weight is 639 g/mol. The molecule has 0 bridgehead atoms. The lowest BCUT2D eigenvalue weighted by Crippen LogP contribution is -2.17. The predicted octanol–water partition coefficient (Wildman–Crippen LogP) is 13.1. The van der Waals surface area contributed by atoms with E-state index in [4.69, 9.17) is 4.98 Å². The van der Waals surface area contributed by atoms with Crippen LogP contribution in [0.15, 0.2) is 170 Å². The minimum absolute atomic E-state index is 0.255. The molecule has 1 aliphatic carbocycles. The standard InChI is InChI=1S/C48H34N2/c1-48(2)42-29-41(44-21-11-12-26-49-44)37-17-7-9-19-39(37)46(42)47-40-20-10-8-18-38(40)45(30-43(47)48)50(35-24-22-31-13-3-5-15-33(31)27-35)36-25-23-32-14-4-6-16-34(32)28-36/h3-30H,1-2H3. The van der Waals surface area contributed by atoms with Crippen LogP contribution < -0.4 is 4.90 Å². The quantitative estimate of drug-likeness (QED) is 0.191. The van der Waals surface area contributed by atoms with E-state index < -0.39 is 0 Å². The van der Waals surface area contributed by atoms with Gasteiger partial charge in [0.25, 0.3) is 0 Å². The fourth-order valence-corrected chi connectivity index (χ4v) is 8.38. The van der Waals surface area contributed by atoms with Gasteiger partial charge in [-0.3, -0.25) is 4.98 Å². The largest absolute Gasteiger partial charge is 0.310 e. The van der Waals surface area contributed by atoms with Gasteiger partial charge in [0, 0.05) is 33.9 Å². The summed E-state index contributed by atoms with van der Waals surface area (Å²) in [6, 6.07) is 59.9. The summed E-state index contributed by atoms with van der Waals surface area (Å²) in [4.78, 5) is 7.28. The van der Waals surface area contributed by atoms with Crippen molar-refractivity contribution in [3.05, 3.63) is 181 Å². The molecule has 0 saturated carbocycles. The number of nitrogens with zero attached hydrogens (tertiary/aromatic N) is 2. The molecule has 0 amide bonds. The highest BCUT2D eigenvalue weighted by atomic mass is 15.1. The maximum absolute atomic E-state index is 4.81. The van der Waals surface area contributed by atoms with E-state index in [0.29, 0.717) is 0 Å². The molecule has 0 aliphatic heterocycles. The van der Waals surface area contributed by atoms with Crippen LogP contribution in [0.3, 0.4) is 0 Å². The van der Waals surface area contributed by atoms with Crippen LogP contribution in [-0.2, 0) is 5.41 Å². The fourth-order valence-electron chi connectivity index (χ4n) is 8.38. The third-order valence-corrected chi connectivity index (χ3v) is 10.8. The summed E-state index contributed by atoms with van der Waals surface area (Å²) in [6.45, 7) is 4.78. The van der Waals surface area contributed by atoms with Crippen LogP contribution in [-0.4, -0.2) is 4.98 Å². The van der Waals surface area contributed by atoms with Crippen LogP contribution in [0.2, 0.25) is 0 Å². The van der Waals surface area contributed by atoms with Gasteiger partial charge in [-0.1, -0.05) is 129 Å². The molecule has 1 heterocycles. The number of hydrogen-bond acceptors (Lipinski definition) is 2. The zero-order chi connectivity index (χ0) is 33.4. The Morgan fingerprint density at radius 2 is 0.940 bits per heavy atom. The van der Waals surface area contributed by atoms with Crippen LogP contribution in [0.25, 0.3) is 65.5 Å². The van der Waals surface area contributed by atoms with E-state index >= 15 is 0 Å². The van der Waals surface area contributed by atoms with Crippen molar-refractivity contribution in [3.8, 4) is 22.4 Å². The molecule has 2 nitrogen and oxygen atoms in total. The Morgan fingerprint density at radius 3 is 1.54 bits per heavy atom. The summed E-state index contributed by atoms with van der Waals surface area (Å²) in [5.74, 6) is 0. The van der Waals surface area contributed by atoms with Gasteiger partial charge in [0.1, 0.15) is 0 Å². The molecule has 50 heavy (non-hydrogen) atoms. The summed E-state index contributed by atoms with van der Waals surface area (Å²) in [6.07, 6.45) is 1.89. The van der Waals surface area contributed by atoms with Gasteiger partial charge in [-0.15, -0.1) is 0 Å². The molecule has 0 radical (unpaired) electrons. The molecule has 8 aromatic carbocycles. The maximum Gasteiger partial charge on any atom is 0.0708 e. The lowest BCUT2D eigenvalue weighted by Gasteiger charge is -2.30. The minimum Gasteiger partial charge on any atom is -0.310 e. The van der Waals surface area contributed by atoms with Gasteiger partial charge in [0.05, 0.1) is 11.4 Å². The van der Waals surface area contributed by atoms with Crippen molar-refractivity contribution in [2.45, 2.75) is 19.3 Å². The van der Waals surface area contributed by atoms with E-state index in [9.17, 15) is 0 Å². The van der Waals surface area contributed by atoms with Gasteiger partial charge < -0.3 is 4.90 Å². The van der Waals surface area contributed by atoms with E-state index in [1.165, 1.54) is 76.6 Å². The summed E-state index contributed by atoms with van der Waals surface area (Å²) < 4.78 is 0. The SMILES string of the molecule is CC1(C)c2cc(-c3ccccn3)c3ccccc3c2-c2c1cc(N(c1ccc3ccccc3c1)c1ccc3ccccc3c1)c1ccccc21. The topological polar surface area (TPSA) is 16.1 Å². The Morgan fingerprint density at radius 1 is 0.440 bits per heavy atom. The van der Waals surface area contributed by atoms with Crippen molar-refractivity contribution < 1.29 is 0 Å². The summed E-state index contributed by atoms with van der Waals surface area (Å²) in [5.41, 5.74) is 10.8. The first-order valence-electron chi connectivity index (χ1n) is 17.4. The first kappa shape index (κ1) is 28.7. The van der Waals surface area contributed by atoms with E-state index in [1.807, 2.05) is 12.3 Å². The summed E-state index contributed by atoms with van der Waals surface area (Å²) >= 11 is 0. The van der Waals surface area contributed by atoms with Crippen molar-refractivity contribution in [1.82, 2.24) is 4.98 Å². The van der Waals surface area contributed by atoms with Gasteiger partial charge in [-0.2, -0.15) is 0 Å². The van der Waals surface area contributed by atoms with Crippen molar-refractivity contribution in [1.29, 1.82) is 0 Å². The molecule has 1 aliphatic rings. The van der Waals surface area contributed by atoms with Crippen LogP contribution in [0.1, 0.15) is 25.0 Å². The van der Waals surface area contributed by atoms with E-state index in [1.54, 1.807) is 0 Å². The van der Waals surface area contributed by atoms with Crippen molar-refractivity contribution in [2.75, 3.05) is 4.90 Å². The third kappa shape index (κ3) is 4.25. The van der Waals surface area contributed by atoms with Crippen LogP contribution >= 0.6 is 0 Å². The highest BCUT2D eigenvalue weighted by Gasteiger charge is 2.39. The number of anilines is 3. The van der Waals surface area contributed by atoms with Crippen LogP contribution in [0.4, 0.5) is 17.1 Å². The smallest absolute Gasteiger partial charge is 0.0708 e. The van der Waals surface area contributed by atoms with Crippen molar-refractivity contribution >= 4 is 60.2 Å². The van der Waals surface area contributed by atoms with Crippen LogP contribution in [0.5, 0.6) is 0 Å². The third-order valence-electron chi connectivity index (χ3n) is 10.8. The zero-order valence-corrected chi connectivity index (χ0v) is 28.1. The Hall–Kier alpha value is -6.25. The molecular weight excluding hydrogens is 605 g/mol. The summed E-state index contributed by atoms with van der Waals surface area (Å²) in [7, 11) is 0. The molecule has 10 rings (SSSR count). The molecule has 0 atom stereocenters. The average Bonchev–Trinajstić information content (AvgIpc) is 3.40. The lowest BCUT2D eigenvalue weighted by atomic mass is 9.80. The number of pyridine rings is 1. The number of rotatable bonds is 4. The minimum atomic E-state index is -0.255. The number of hydrogen-bond donors (Lipinski definition) is 0. The molecule has 0 saturated heterocycles. The van der Waals surface area contributed by atoms with Gasteiger partial charge in [0.2, 0.25) is 0 Å². The Balaban J connectivity index is 1.29. The zero-order valence-electron chi connectivity index (χ0n) is 28.1. The second-order valence-electron chi connectivity index (χ2n) is 14.0. The molecule has 9 aromatic rings. The van der Waals surface area contributed by atoms with Crippen molar-refractivity contribution in [2.24, 2.45) is 0 Å². The molecule has 0 fully saturated rings. The Bertz CT molecular complexity index is 2720.